The lowest BCUT2D eigenvalue weighted by molar-refractivity contribution is -0.138. The van der Waals surface area contributed by atoms with E-state index < -0.39 is 17.3 Å². The number of alkyl halides is 3. The molecule has 4 aromatic heterocycles. The Morgan fingerprint density at radius 1 is 1.00 bits per heavy atom. The number of para-hydroxylation sites is 1. The predicted octanol–water partition coefficient (Wildman–Crippen LogP) is 7.69. The lowest BCUT2D eigenvalue weighted by Gasteiger charge is -2.16. The largest absolute Gasteiger partial charge is 0.487 e. The summed E-state index contributed by atoms with van der Waals surface area (Å²) in [4.78, 5) is 31.7. The van der Waals surface area contributed by atoms with Crippen LogP contribution in [0.5, 0.6) is 5.75 Å². The van der Waals surface area contributed by atoms with Gasteiger partial charge in [-0.3, -0.25) is 19.7 Å². The smallest absolute Gasteiger partial charge is 0.421 e. The molecule has 6 rings (SSSR count). The molecule has 9 nitrogen and oxygen atoms in total. The minimum atomic E-state index is -4.74. The van der Waals surface area contributed by atoms with E-state index in [9.17, 15) is 22.8 Å². The molecule has 260 valence electrons. The molecule has 0 saturated carbocycles. The molecule has 0 fully saturated rings. The van der Waals surface area contributed by atoms with Crippen molar-refractivity contribution in [3.63, 3.8) is 0 Å². The second-order valence-electron chi connectivity index (χ2n) is 11.0. The van der Waals surface area contributed by atoms with Gasteiger partial charge < -0.3 is 14.6 Å². The van der Waals surface area contributed by atoms with Crippen LogP contribution < -0.4 is 15.6 Å². The first-order valence-electron chi connectivity index (χ1n) is 16.0. The molecule has 0 aliphatic heterocycles. The molecule has 12 heteroatoms. The number of aromatic amines is 1. The second kappa shape index (κ2) is 17.2. The van der Waals surface area contributed by atoms with Crippen molar-refractivity contribution in [1.82, 2.24) is 30.0 Å². The number of rotatable bonds is 9. The Morgan fingerprint density at radius 2 is 1.76 bits per heavy atom. The van der Waals surface area contributed by atoms with E-state index in [1.807, 2.05) is 77.2 Å². The molecular weight excluding hydrogens is 645 g/mol. The topological polar surface area (TPSA) is 115 Å². The first kappa shape index (κ1) is 37.2. The molecule has 0 aliphatic rings. The van der Waals surface area contributed by atoms with Gasteiger partial charge in [-0.1, -0.05) is 56.3 Å². The van der Waals surface area contributed by atoms with Crippen molar-refractivity contribution < 1.29 is 22.7 Å². The first-order valence-corrected chi connectivity index (χ1v) is 16.0. The Morgan fingerprint density at radius 3 is 2.44 bits per heavy atom. The zero-order valence-corrected chi connectivity index (χ0v) is 28.5. The number of nitrogens with one attached hydrogen (secondary N) is 2. The van der Waals surface area contributed by atoms with Crippen LogP contribution in [0.25, 0.3) is 22.2 Å². The van der Waals surface area contributed by atoms with Gasteiger partial charge in [-0.2, -0.15) is 18.3 Å². The standard InChI is InChI=1S/C29H27F3N6O2.C7H6O.C2H6/c1-17-9-10-34-24(15-38-11-5-7-23(28(38)39)29(30,31)32)22(17)16-40-25-8-4-6-20-21(12-18(2)36-27(20)25)26-19(13-33-3)14-35-37-26;8-6-7-4-2-1-3-5-7;1-2/h4-12,14,33H,13,15-16H2,1-3H3,(H,35,37);1-6H;1-2H3. The SMILES string of the molecule is CC.CNCc1cn[nH]c1-c1cc(C)nc2c(OCc3c(C)ccnc3Cn3cccc(C(F)(F)F)c3=O)cccc12.O=Cc1ccccc1. The van der Waals surface area contributed by atoms with Crippen molar-refractivity contribution in [3.8, 4) is 17.0 Å². The normalized spacial score (nSPS) is 10.9. The maximum absolute atomic E-state index is 13.3. The number of pyridine rings is 3. The highest BCUT2D eigenvalue weighted by atomic mass is 19.4. The number of carbonyl (C=O) groups is 1. The maximum Gasteiger partial charge on any atom is 0.421 e. The summed E-state index contributed by atoms with van der Waals surface area (Å²) in [5, 5.41) is 11.3. The van der Waals surface area contributed by atoms with Crippen LogP contribution in [0, 0.1) is 13.8 Å². The Hall–Kier alpha value is -5.62. The molecule has 6 aromatic rings. The molecule has 0 atom stereocenters. The lowest BCUT2D eigenvalue weighted by Crippen LogP contribution is -2.29. The molecule has 0 bridgehead atoms. The predicted molar refractivity (Wildman–Crippen MR) is 188 cm³/mol. The van der Waals surface area contributed by atoms with Crippen molar-refractivity contribution in [2.45, 2.75) is 53.6 Å². The third-order valence-corrected chi connectivity index (χ3v) is 7.62. The van der Waals surface area contributed by atoms with Crippen LogP contribution in [-0.2, 0) is 25.9 Å². The van der Waals surface area contributed by atoms with E-state index >= 15 is 0 Å². The van der Waals surface area contributed by atoms with Crippen molar-refractivity contribution >= 4 is 17.2 Å². The van der Waals surface area contributed by atoms with Crippen molar-refractivity contribution in [2.24, 2.45) is 0 Å². The molecule has 0 unspecified atom stereocenters. The van der Waals surface area contributed by atoms with Crippen LogP contribution >= 0.6 is 0 Å². The second-order valence-corrected chi connectivity index (χ2v) is 11.0. The van der Waals surface area contributed by atoms with E-state index in [2.05, 4.69) is 20.5 Å². The minimum absolute atomic E-state index is 0.0852. The van der Waals surface area contributed by atoms with E-state index in [-0.39, 0.29) is 13.2 Å². The van der Waals surface area contributed by atoms with Gasteiger partial charge in [0.1, 0.15) is 29.7 Å². The number of fused-ring (bicyclic) bond motifs is 1. The molecule has 4 heterocycles. The van der Waals surface area contributed by atoms with E-state index in [0.717, 1.165) is 55.9 Å². The van der Waals surface area contributed by atoms with Crippen LogP contribution in [-0.4, -0.2) is 38.1 Å². The molecule has 0 aliphatic carbocycles. The van der Waals surface area contributed by atoms with E-state index in [4.69, 9.17) is 9.72 Å². The van der Waals surface area contributed by atoms with Crippen LogP contribution in [0.3, 0.4) is 0 Å². The number of aryl methyl sites for hydroxylation is 2. The van der Waals surface area contributed by atoms with E-state index in [1.165, 1.54) is 12.3 Å². The van der Waals surface area contributed by atoms with Crippen molar-refractivity contribution in [1.29, 1.82) is 0 Å². The number of ether oxygens (including phenoxy) is 1. The molecule has 0 spiro atoms. The van der Waals surface area contributed by atoms with Gasteiger partial charge in [0.15, 0.2) is 0 Å². The Balaban J connectivity index is 0.000000489. The quantitative estimate of drug-likeness (QED) is 0.150. The number of hydrogen-bond donors (Lipinski definition) is 2. The maximum atomic E-state index is 13.3. The summed E-state index contributed by atoms with van der Waals surface area (Å²) in [5.74, 6) is 0.544. The van der Waals surface area contributed by atoms with Crippen LogP contribution in [0.1, 0.15) is 57.8 Å². The monoisotopic (exact) mass is 684 g/mol. The average molecular weight is 685 g/mol. The van der Waals surface area contributed by atoms with E-state index in [1.54, 1.807) is 30.6 Å². The number of H-pyrrole nitrogens is 1. The summed E-state index contributed by atoms with van der Waals surface area (Å²) in [6.07, 6.45) is 0.766. The fraction of sp³-hybridized carbons (Fsp3) is 0.237. The number of nitrogens with zero attached hydrogens (tertiary/aromatic N) is 4. The number of aldehydes is 1. The summed E-state index contributed by atoms with van der Waals surface area (Å²) in [6, 6.07) is 20.5. The zero-order valence-electron chi connectivity index (χ0n) is 28.5. The summed E-state index contributed by atoms with van der Waals surface area (Å²) >= 11 is 0. The van der Waals surface area contributed by atoms with E-state index in [0.29, 0.717) is 29.1 Å². The van der Waals surface area contributed by atoms with Gasteiger partial charge in [0.05, 0.1) is 24.1 Å². The summed E-state index contributed by atoms with van der Waals surface area (Å²) < 4.78 is 47.2. The average Bonchev–Trinajstić information content (AvgIpc) is 3.58. The zero-order chi connectivity index (χ0) is 36.3. The minimum Gasteiger partial charge on any atom is -0.487 e. The fourth-order valence-electron chi connectivity index (χ4n) is 5.24. The number of hydrogen-bond acceptors (Lipinski definition) is 7. The molecule has 2 N–H and O–H groups in total. The Kier molecular flexibility index (Phi) is 12.8. The Labute approximate surface area is 288 Å². The number of aromatic nitrogens is 5. The van der Waals surface area contributed by atoms with Gasteiger partial charge in [0.2, 0.25) is 0 Å². The van der Waals surface area contributed by atoms with Gasteiger partial charge >= 0.3 is 6.18 Å². The molecule has 50 heavy (non-hydrogen) atoms. The molecule has 0 radical (unpaired) electrons. The van der Waals surface area contributed by atoms with Gasteiger partial charge in [-0.25, -0.2) is 4.98 Å². The molecule has 2 aromatic carbocycles. The van der Waals surface area contributed by atoms with Crippen molar-refractivity contribution in [3.05, 3.63) is 141 Å². The highest BCUT2D eigenvalue weighted by Gasteiger charge is 2.34. The lowest BCUT2D eigenvalue weighted by atomic mass is 10.0. The molecule has 0 amide bonds. The highest BCUT2D eigenvalue weighted by molar-refractivity contribution is 5.97. The van der Waals surface area contributed by atoms with Crippen LogP contribution in [0.2, 0.25) is 0 Å². The van der Waals surface area contributed by atoms with Gasteiger partial charge in [0.25, 0.3) is 5.56 Å². The molecule has 0 saturated heterocycles. The third kappa shape index (κ3) is 8.88. The number of benzene rings is 2. The van der Waals surface area contributed by atoms with Crippen LogP contribution in [0.15, 0.2) is 96.2 Å². The summed E-state index contributed by atoms with van der Waals surface area (Å²) in [7, 11) is 1.87. The van der Waals surface area contributed by atoms with Crippen LogP contribution in [0.4, 0.5) is 13.2 Å². The summed E-state index contributed by atoms with van der Waals surface area (Å²) in [5.41, 5.74) is 4.66. The third-order valence-electron chi connectivity index (χ3n) is 7.62. The summed E-state index contributed by atoms with van der Waals surface area (Å²) in [6.45, 7) is 8.37. The highest BCUT2D eigenvalue weighted by Crippen LogP contribution is 2.34. The van der Waals surface area contributed by atoms with Gasteiger partial charge in [-0.15, -0.1) is 0 Å². The Bertz CT molecular complexity index is 2090. The van der Waals surface area contributed by atoms with Gasteiger partial charge in [0, 0.05) is 52.3 Å². The van der Waals surface area contributed by atoms with Gasteiger partial charge in [-0.05, 0) is 56.8 Å². The van der Waals surface area contributed by atoms with Crippen molar-refractivity contribution in [2.75, 3.05) is 7.05 Å². The number of halogens is 3. The molecular formula is C38H39F3N6O3. The number of carbonyl (C=O) groups excluding carboxylic acids is 1. The fourth-order valence-corrected chi connectivity index (χ4v) is 5.24. The first-order chi connectivity index (χ1) is 24.1.